The topological polar surface area (TPSA) is 0 Å². The fourth-order valence-corrected chi connectivity index (χ4v) is 3.02. The lowest BCUT2D eigenvalue weighted by Crippen LogP contribution is -2.28. The Bertz CT molecular complexity index is 153. The molecule has 0 amide bonds. The summed E-state index contributed by atoms with van der Waals surface area (Å²) in [5.41, 5.74) is 0. The van der Waals surface area contributed by atoms with Gasteiger partial charge in [-0.25, -0.2) is 0 Å². The molecule has 2 atom stereocenters. The molecule has 0 aliphatic carbocycles. The molecule has 0 aromatic rings. The Morgan fingerprint density at radius 3 is 1.80 bits per heavy atom. The van der Waals surface area contributed by atoms with E-state index in [1.165, 1.54) is 0 Å². The van der Waals surface area contributed by atoms with Gasteiger partial charge in [-0.2, -0.15) is 0 Å². The number of rotatable bonds is 7. The van der Waals surface area contributed by atoms with Crippen molar-refractivity contribution in [1.82, 2.24) is 0 Å². The number of hydrogen-bond donors (Lipinski definition) is 0. The first-order valence-corrected chi connectivity index (χ1v) is 7.21. The smallest absolute Gasteiger partial charge is 0.123 e. The summed E-state index contributed by atoms with van der Waals surface area (Å²) < 4.78 is -1.23. The SMILES string of the molecule is CCCC[C@H]([C@@H](Cl)CCCC)C(Cl)(Cl)Cl. The predicted molar refractivity (Wildman–Crippen MR) is 72.5 cm³/mol. The summed E-state index contributed by atoms with van der Waals surface area (Å²) >= 11 is 24.2. The minimum Gasteiger partial charge on any atom is -0.123 e. The molecular formula is C11H20Cl4. The van der Waals surface area contributed by atoms with Crippen molar-refractivity contribution < 1.29 is 0 Å². The van der Waals surface area contributed by atoms with Crippen LogP contribution >= 0.6 is 46.4 Å². The summed E-state index contributed by atoms with van der Waals surface area (Å²) in [6.07, 6.45) is 6.22. The van der Waals surface area contributed by atoms with Crippen LogP contribution in [0.25, 0.3) is 0 Å². The minimum atomic E-state index is -1.23. The first-order chi connectivity index (χ1) is 6.93. The van der Waals surface area contributed by atoms with Crippen molar-refractivity contribution in [3.05, 3.63) is 0 Å². The molecule has 0 spiro atoms. The second-order valence-corrected chi connectivity index (χ2v) is 6.88. The molecule has 0 aromatic carbocycles. The first kappa shape index (κ1) is 16.2. The van der Waals surface area contributed by atoms with Gasteiger partial charge in [0, 0.05) is 11.3 Å². The zero-order valence-electron chi connectivity index (χ0n) is 9.41. The maximum absolute atomic E-state index is 6.29. The zero-order valence-corrected chi connectivity index (χ0v) is 12.4. The average Bonchev–Trinajstić information content (AvgIpc) is 2.13. The summed E-state index contributed by atoms with van der Waals surface area (Å²) in [6, 6.07) is 0. The molecule has 0 rings (SSSR count). The Labute approximate surface area is 114 Å². The molecular weight excluding hydrogens is 274 g/mol. The molecule has 0 heterocycles. The van der Waals surface area contributed by atoms with Crippen molar-refractivity contribution >= 4 is 46.4 Å². The Hall–Kier alpha value is 1.16. The lowest BCUT2D eigenvalue weighted by molar-refractivity contribution is 0.428. The van der Waals surface area contributed by atoms with Crippen LogP contribution < -0.4 is 0 Å². The van der Waals surface area contributed by atoms with Crippen LogP contribution in [-0.2, 0) is 0 Å². The van der Waals surface area contributed by atoms with E-state index in [9.17, 15) is 0 Å². The summed E-state index contributed by atoms with van der Waals surface area (Å²) in [5, 5.41) is -0.0241. The highest BCUT2D eigenvalue weighted by molar-refractivity contribution is 6.67. The van der Waals surface area contributed by atoms with Crippen molar-refractivity contribution in [2.75, 3.05) is 0 Å². The van der Waals surface area contributed by atoms with E-state index >= 15 is 0 Å². The second-order valence-electron chi connectivity index (χ2n) is 3.95. The van der Waals surface area contributed by atoms with E-state index in [2.05, 4.69) is 13.8 Å². The third kappa shape index (κ3) is 7.15. The van der Waals surface area contributed by atoms with Crippen LogP contribution in [0.5, 0.6) is 0 Å². The molecule has 0 saturated carbocycles. The fourth-order valence-electron chi connectivity index (χ4n) is 1.57. The summed E-state index contributed by atoms with van der Waals surface area (Å²) in [7, 11) is 0. The fraction of sp³-hybridized carbons (Fsp3) is 1.00. The highest BCUT2D eigenvalue weighted by Crippen LogP contribution is 2.42. The minimum absolute atomic E-state index is 0.0241. The predicted octanol–water partition coefficient (Wildman–Crippen LogP) is 5.96. The zero-order chi connectivity index (χ0) is 11.9. The molecule has 0 bridgehead atoms. The van der Waals surface area contributed by atoms with E-state index in [0.29, 0.717) is 0 Å². The third-order valence-corrected chi connectivity index (χ3v) is 3.92. The summed E-state index contributed by atoms with van der Waals surface area (Å²) in [5.74, 6) is -0.0318. The number of halogens is 4. The average molecular weight is 294 g/mol. The van der Waals surface area contributed by atoms with Gasteiger partial charge in [0.1, 0.15) is 0 Å². The van der Waals surface area contributed by atoms with Crippen LogP contribution in [0.15, 0.2) is 0 Å². The first-order valence-electron chi connectivity index (χ1n) is 5.64. The maximum Gasteiger partial charge on any atom is 0.194 e. The van der Waals surface area contributed by atoms with Gasteiger partial charge >= 0.3 is 0 Å². The molecule has 0 aliphatic rings. The molecule has 0 aromatic heterocycles. The van der Waals surface area contributed by atoms with E-state index in [0.717, 1.165) is 38.5 Å². The molecule has 0 fully saturated rings. The van der Waals surface area contributed by atoms with Gasteiger partial charge in [0.25, 0.3) is 0 Å². The van der Waals surface area contributed by atoms with Crippen molar-refractivity contribution in [2.24, 2.45) is 5.92 Å². The molecule has 92 valence electrons. The summed E-state index contributed by atoms with van der Waals surface area (Å²) in [6.45, 7) is 4.27. The largest absolute Gasteiger partial charge is 0.194 e. The highest BCUT2D eigenvalue weighted by atomic mass is 35.6. The molecule has 0 radical (unpaired) electrons. The van der Waals surface area contributed by atoms with Gasteiger partial charge in [0.05, 0.1) is 0 Å². The van der Waals surface area contributed by atoms with Gasteiger partial charge in [-0.3, -0.25) is 0 Å². The maximum atomic E-state index is 6.29. The number of hydrogen-bond acceptors (Lipinski definition) is 0. The monoisotopic (exact) mass is 292 g/mol. The van der Waals surface area contributed by atoms with Crippen LogP contribution in [0.2, 0.25) is 0 Å². The Kier molecular flexibility index (Phi) is 8.92. The lowest BCUT2D eigenvalue weighted by Gasteiger charge is -2.28. The van der Waals surface area contributed by atoms with Gasteiger partial charge in [0.2, 0.25) is 0 Å². The molecule has 0 saturated heterocycles. The van der Waals surface area contributed by atoms with Crippen molar-refractivity contribution in [3.63, 3.8) is 0 Å². The van der Waals surface area contributed by atoms with E-state index < -0.39 is 3.79 Å². The van der Waals surface area contributed by atoms with E-state index in [4.69, 9.17) is 46.4 Å². The van der Waals surface area contributed by atoms with Crippen LogP contribution in [0.3, 0.4) is 0 Å². The standard InChI is InChI=1S/C11H20Cl4/c1-3-5-7-9(11(13,14)15)10(12)8-6-4-2/h9-10H,3-8H2,1-2H3/t9-,10+/m1/s1. The molecule has 0 N–H and O–H groups in total. The molecule has 0 unspecified atom stereocenters. The molecule has 4 heteroatoms. The van der Waals surface area contributed by atoms with Crippen molar-refractivity contribution in [1.29, 1.82) is 0 Å². The van der Waals surface area contributed by atoms with E-state index in [1.54, 1.807) is 0 Å². The van der Waals surface area contributed by atoms with Gasteiger partial charge in [-0.05, 0) is 12.8 Å². The van der Waals surface area contributed by atoms with Gasteiger partial charge in [0.15, 0.2) is 3.79 Å². The quantitative estimate of drug-likeness (QED) is 0.508. The highest BCUT2D eigenvalue weighted by Gasteiger charge is 2.36. The Morgan fingerprint density at radius 1 is 0.933 bits per heavy atom. The van der Waals surface area contributed by atoms with E-state index in [1.807, 2.05) is 0 Å². The van der Waals surface area contributed by atoms with Crippen molar-refractivity contribution in [3.8, 4) is 0 Å². The normalized spacial score (nSPS) is 16.4. The number of alkyl halides is 4. The van der Waals surface area contributed by atoms with Gasteiger partial charge < -0.3 is 0 Å². The van der Waals surface area contributed by atoms with Gasteiger partial charge in [-0.1, -0.05) is 74.3 Å². The van der Waals surface area contributed by atoms with E-state index in [-0.39, 0.29) is 11.3 Å². The van der Waals surface area contributed by atoms with Crippen LogP contribution in [0.4, 0.5) is 0 Å². The molecule has 0 aliphatic heterocycles. The van der Waals surface area contributed by atoms with Crippen LogP contribution in [0, 0.1) is 5.92 Å². The van der Waals surface area contributed by atoms with Crippen molar-refractivity contribution in [2.45, 2.75) is 61.5 Å². The van der Waals surface area contributed by atoms with Crippen LogP contribution in [-0.4, -0.2) is 9.17 Å². The molecule has 15 heavy (non-hydrogen) atoms. The van der Waals surface area contributed by atoms with Gasteiger partial charge in [-0.15, -0.1) is 11.6 Å². The van der Waals surface area contributed by atoms with Crippen LogP contribution in [0.1, 0.15) is 52.4 Å². The third-order valence-electron chi connectivity index (χ3n) is 2.56. The Balaban J connectivity index is 4.21. The Morgan fingerprint density at radius 2 is 1.40 bits per heavy atom. The second kappa shape index (κ2) is 8.28. The lowest BCUT2D eigenvalue weighted by atomic mass is 9.96. The number of unbranched alkanes of at least 4 members (excludes halogenated alkanes) is 2. The summed E-state index contributed by atoms with van der Waals surface area (Å²) in [4.78, 5) is 0. The molecule has 0 nitrogen and oxygen atoms in total.